The normalized spacial score (nSPS) is 23.0. The van der Waals surface area contributed by atoms with E-state index < -0.39 is 0 Å². The Balaban J connectivity index is 1.49. The van der Waals surface area contributed by atoms with Crippen LogP contribution in [0.3, 0.4) is 0 Å². The highest BCUT2D eigenvalue weighted by molar-refractivity contribution is 5.83. The van der Waals surface area contributed by atoms with Crippen molar-refractivity contribution in [3.8, 4) is 0 Å². The summed E-state index contributed by atoms with van der Waals surface area (Å²) in [5, 5.41) is 0. The zero-order chi connectivity index (χ0) is 17.2. The van der Waals surface area contributed by atoms with Crippen molar-refractivity contribution in [2.24, 2.45) is 5.92 Å². The van der Waals surface area contributed by atoms with E-state index in [2.05, 4.69) is 9.97 Å². The maximum absolute atomic E-state index is 12.8. The summed E-state index contributed by atoms with van der Waals surface area (Å²) in [6, 6.07) is 5.81. The first-order valence-corrected chi connectivity index (χ1v) is 8.64. The average molecular weight is 339 g/mol. The first kappa shape index (κ1) is 15.8. The van der Waals surface area contributed by atoms with Crippen LogP contribution in [-0.2, 0) is 22.7 Å². The number of amides is 2. The molecule has 2 atom stereocenters. The Bertz CT molecular complexity index is 746. The molecule has 25 heavy (non-hydrogen) atoms. The highest BCUT2D eigenvalue weighted by atomic mass is 16.2. The summed E-state index contributed by atoms with van der Waals surface area (Å²) in [5.41, 5.74) is 0.889. The van der Waals surface area contributed by atoms with Crippen LogP contribution in [0, 0.1) is 5.92 Å². The Hall–Kier alpha value is -2.70. The molecule has 0 radical (unpaired) electrons. The number of piperidine rings is 1. The second-order valence-corrected chi connectivity index (χ2v) is 6.75. The summed E-state index contributed by atoms with van der Waals surface area (Å²) < 4.78 is 1.77. The third-order valence-corrected chi connectivity index (χ3v) is 5.08. The van der Waals surface area contributed by atoms with Gasteiger partial charge in [0.25, 0.3) is 0 Å². The number of carbonyl (C=O) groups is 2. The molecule has 2 aromatic rings. The van der Waals surface area contributed by atoms with Crippen molar-refractivity contribution in [3.63, 3.8) is 0 Å². The maximum Gasteiger partial charge on any atom is 0.242 e. The van der Waals surface area contributed by atoms with Crippen LogP contribution in [0.1, 0.15) is 18.5 Å². The molecule has 3 aliphatic rings. The van der Waals surface area contributed by atoms with Gasteiger partial charge in [0, 0.05) is 37.7 Å². The van der Waals surface area contributed by atoms with Crippen molar-refractivity contribution in [1.29, 1.82) is 0 Å². The van der Waals surface area contributed by atoms with E-state index in [1.54, 1.807) is 29.5 Å². The lowest BCUT2D eigenvalue weighted by molar-refractivity contribution is -0.140. The third-order valence-electron chi connectivity index (χ3n) is 5.08. The smallest absolute Gasteiger partial charge is 0.242 e. The van der Waals surface area contributed by atoms with Crippen LogP contribution in [0.25, 0.3) is 0 Å². The molecule has 2 bridgehead atoms. The molecular weight excluding hydrogens is 318 g/mol. The average Bonchev–Trinajstić information content (AvgIpc) is 2.98. The molecule has 0 saturated carbocycles. The highest BCUT2D eigenvalue weighted by Crippen LogP contribution is 2.30. The van der Waals surface area contributed by atoms with Gasteiger partial charge in [0.05, 0.1) is 24.5 Å². The molecule has 2 unspecified atom stereocenters. The number of carbonyl (C=O) groups excluding carboxylic acids is 2. The Morgan fingerprint density at radius 1 is 1.20 bits per heavy atom. The van der Waals surface area contributed by atoms with Gasteiger partial charge in [-0.2, -0.15) is 0 Å². The Labute approximate surface area is 146 Å². The molecule has 0 N–H and O–H groups in total. The van der Waals surface area contributed by atoms with Gasteiger partial charge in [-0.25, -0.2) is 4.98 Å². The Kier molecular flexibility index (Phi) is 4.21. The van der Waals surface area contributed by atoms with Crippen LogP contribution < -0.4 is 0 Å². The van der Waals surface area contributed by atoms with Gasteiger partial charge in [0.2, 0.25) is 11.8 Å². The Morgan fingerprint density at radius 2 is 2.12 bits per heavy atom. The standard InChI is InChI=1S/C18H21N5O2/c24-17(12-21-8-7-19-13-21)22-9-14-4-5-16(11-22)23(18(14)25)10-15-3-1-2-6-20-15/h1-3,6-8,13-14,16H,4-5,9-12H2. The fourth-order valence-corrected chi connectivity index (χ4v) is 3.75. The fourth-order valence-electron chi connectivity index (χ4n) is 3.75. The number of aromatic nitrogens is 3. The largest absolute Gasteiger partial charge is 0.338 e. The molecule has 2 amide bonds. The van der Waals surface area contributed by atoms with Gasteiger partial charge >= 0.3 is 0 Å². The van der Waals surface area contributed by atoms with E-state index in [-0.39, 0.29) is 30.3 Å². The Morgan fingerprint density at radius 3 is 2.88 bits per heavy atom. The predicted molar refractivity (Wildman–Crippen MR) is 90.1 cm³/mol. The van der Waals surface area contributed by atoms with E-state index in [1.165, 1.54) is 0 Å². The lowest BCUT2D eigenvalue weighted by Gasteiger charge is -2.35. The third kappa shape index (κ3) is 3.26. The number of pyridine rings is 1. The summed E-state index contributed by atoms with van der Waals surface area (Å²) in [6.07, 6.45) is 8.63. The zero-order valence-corrected chi connectivity index (χ0v) is 14.0. The lowest BCUT2D eigenvalue weighted by Crippen LogP contribution is -2.47. The van der Waals surface area contributed by atoms with Crippen LogP contribution in [0.4, 0.5) is 0 Å². The van der Waals surface area contributed by atoms with Gasteiger partial charge in [-0.1, -0.05) is 6.07 Å². The van der Waals surface area contributed by atoms with Crippen molar-refractivity contribution in [2.45, 2.75) is 32.0 Å². The van der Waals surface area contributed by atoms with Crippen LogP contribution in [0.5, 0.6) is 0 Å². The predicted octanol–water partition coefficient (Wildman–Crippen LogP) is 0.928. The topological polar surface area (TPSA) is 71.3 Å². The summed E-state index contributed by atoms with van der Waals surface area (Å²) in [4.78, 5) is 37.6. The van der Waals surface area contributed by atoms with Crippen LogP contribution in [0.15, 0.2) is 43.1 Å². The van der Waals surface area contributed by atoms with Gasteiger partial charge in [0.15, 0.2) is 0 Å². The SMILES string of the molecule is O=C(Cn1ccnc1)N1CC2CCC(C1)N(Cc1ccccn1)C2=O. The van der Waals surface area contributed by atoms with Crippen molar-refractivity contribution in [2.75, 3.05) is 13.1 Å². The molecule has 7 nitrogen and oxygen atoms in total. The molecule has 0 aliphatic carbocycles. The van der Waals surface area contributed by atoms with Crippen molar-refractivity contribution in [1.82, 2.24) is 24.3 Å². The zero-order valence-electron chi connectivity index (χ0n) is 14.0. The summed E-state index contributed by atoms with van der Waals surface area (Å²) in [6.45, 7) is 1.91. The van der Waals surface area contributed by atoms with Crippen molar-refractivity contribution < 1.29 is 9.59 Å². The van der Waals surface area contributed by atoms with E-state index in [0.29, 0.717) is 19.6 Å². The molecule has 7 heteroatoms. The second-order valence-electron chi connectivity index (χ2n) is 6.75. The van der Waals surface area contributed by atoms with E-state index in [4.69, 9.17) is 0 Å². The summed E-state index contributed by atoms with van der Waals surface area (Å²) >= 11 is 0. The fraction of sp³-hybridized carbons (Fsp3) is 0.444. The number of fused-ring (bicyclic) bond motifs is 4. The van der Waals surface area contributed by atoms with E-state index in [0.717, 1.165) is 18.5 Å². The van der Waals surface area contributed by atoms with Gasteiger partial charge in [-0.3, -0.25) is 14.6 Å². The summed E-state index contributed by atoms with van der Waals surface area (Å²) in [5.74, 6) is 0.0939. The van der Waals surface area contributed by atoms with Crippen molar-refractivity contribution in [3.05, 3.63) is 48.8 Å². The van der Waals surface area contributed by atoms with Crippen molar-refractivity contribution >= 4 is 11.8 Å². The minimum Gasteiger partial charge on any atom is -0.338 e. The van der Waals surface area contributed by atoms with Crippen LogP contribution >= 0.6 is 0 Å². The quantitative estimate of drug-likeness (QED) is 0.831. The second kappa shape index (κ2) is 6.66. The number of hydrogen-bond acceptors (Lipinski definition) is 4. The van der Waals surface area contributed by atoms with E-state index >= 15 is 0 Å². The molecule has 5 heterocycles. The minimum absolute atomic E-state index is 0.0439. The maximum atomic E-state index is 12.8. The highest BCUT2D eigenvalue weighted by Gasteiger charge is 2.41. The number of rotatable bonds is 4. The molecule has 3 fully saturated rings. The van der Waals surface area contributed by atoms with E-state index in [1.807, 2.05) is 28.0 Å². The minimum atomic E-state index is -0.103. The van der Waals surface area contributed by atoms with E-state index in [9.17, 15) is 9.59 Å². The number of nitrogens with zero attached hydrogens (tertiary/aromatic N) is 5. The molecule has 2 aromatic heterocycles. The molecule has 130 valence electrons. The van der Waals surface area contributed by atoms with Crippen LogP contribution in [0.2, 0.25) is 0 Å². The first-order valence-electron chi connectivity index (χ1n) is 8.64. The van der Waals surface area contributed by atoms with Gasteiger partial charge in [0.1, 0.15) is 6.54 Å². The number of imidazole rings is 1. The first-order chi connectivity index (χ1) is 12.2. The monoisotopic (exact) mass is 339 g/mol. The molecular formula is C18H21N5O2. The molecule has 0 spiro atoms. The lowest BCUT2D eigenvalue weighted by atomic mass is 9.94. The van der Waals surface area contributed by atoms with Gasteiger partial charge in [-0.05, 0) is 25.0 Å². The molecule has 0 aromatic carbocycles. The molecule has 5 rings (SSSR count). The molecule has 3 aliphatic heterocycles. The van der Waals surface area contributed by atoms with Gasteiger partial charge in [-0.15, -0.1) is 0 Å². The molecule has 3 saturated heterocycles. The van der Waals surface area contributed by atoms with Crippen LogP contribution in [-0.4, -0.2) is 55.3 Å². The summed E-state index contributed by atoms with van der Waals surface area (Å²) in [7, 11) is 0. The van der Waals surface area contributed by atoms with Gasteiger partial charge < -0.3 is 14.4 Å². The number of hydrogen-bond donors (Lipinski definition) is 0.